The van der Waals surface area contributed by atoms with Crippen LogP contribution in [-0.2, 0) is 0 Å². The number of aromatic hydroxyl groups is 1. The van der Waals surface area contributed by atoms with E-state index in [1.165, 1.54) is 6.07 Å². The van der Waals surface area contributed by atoms with E-state index in [0.29, 0.717) is 18.0 Å². The molecule has 18 heavy (non-hydrogen) atoms. The van der Waals surface area contributed by atoms with Crippen molar-refractivity contribution in [3.05, 3.63) is 28.2 Å². The van der Waals surface area contributed by atoms with Crippen molar-refractivity contribution in [1.82, 2.24) is 10.6 Å². The molecule has 0 aromatic heterocycles. The van der Waals surface area contributed by atoms with Gasteiger partial charge in [-0.25, -0.2) is 0 Å². The van der Waals surface area contributed by atoms with Crippen LogP contribution < -0.4 is 10.6 Å². The van der Waals surface area contributed by atoms with Gasteiger partial charge in [0.1, 0.15) is 5.75 Å². The molecule has 0 radical (unpaired) electrons. The number of phenolic OH excluding ortho intramolecular Hbond substituents is 1. The number of hydrogen-bond donors (Lipinski definition) is 3. The van der Waals surface area contributed by atoms with Crippen molar-refractivity contribution in [3.63, 3.8) is 0 Å². The van der Waals surface area contributed by atoms with E-state index in [9.17, 15) is 9.90 Å². The van der Waals surface area contributed by atoms with Crippen LogP contribution in [0.5, 0.6) is 5.75 Å². The monoisotopic (exact) mass is 312 g/mol. The van der Waals surface area contributed by atoms with E-state index in [1.807, 2.05) is 0 Å². The Morgan fingerprint density at radius 3 is 2.83 bits per heavy atom. The Morgan fingerprint density at radius 2 is 2.17 bits per heavy atom. The van der Waals surface area contributed by atoms with Gasteiger partial charge in [0.15, 0.2) is 0 Å². The first-order valence-corrected chi connectivity index (χ1v) is 6.93. The Labute approximate surface area is 115 Å². The molecule has 1 aromatic carbocycles. The molecule has 0 spiro atoms. The lowest BCUT2D eigenvalue weighted by Gasteiger charge is -2.22. The molecular weight excluding hydrogens is 296 g/mol. The van der Waals surface area contributed by atoms with Crippen LogP contribution in [0.2, 0.25) is 0 Å². The summed E-state index contributed by atoms with van der Waals surface area (Å²) in [4.78, 5) is 11.9. The van der Waals surface area contributed by atoms with E-state index in [-0.39, 0.29) is 11.7 Å². The molecule has 98 valence electrons. The predicted molar refractivity (Wildman–Crippen MR) is 73.7 cm³/mol. The second kappa shape index (κ2) is 6.20. The lowest BCUT2D eigenvalue weighted by Crippen LogP contribution is -2.35. The van der Waals surface area contributed by atoms with E-state index in [2.05, 4.69) is 26.6 Å². The predicted octanol–water partition coefficient (Wildman–Crippen LogP) is 1.88. The Kier molecular flexibility index (Phi) is 4.60. The molecule has 4 nitrogen and oxygen atoms in total. The van der Waals surface area contributed by atoms with E-state index in [0.717, 1.165) is 30.4 Å². The molecular formula is C13H17BrN2O2. The molecule has 1 aliphatic heterocycles. The zero-order valence-corrected chi connectivity index (χ0v) is 11.7. The van der Waals surface area contributed by atoms with Crippen LogP contribution in [0.3, 0.4) is 0 Å². The topological polar surface area (TPSA) is 61.4 Å². The average molecular weight is 313 g/mol. The number of carbonyl (C=O) groups is 1. The summed E-state index contributed by atoms with van der Waals surface area (Å²) >= 11 is 3.25. The summed E-state index contributed by atoms with van der Waals surface area (Å²) in [5, 5.41) is 15.9. The lowest BCUT2D eigenvalue weighted by atomic mass is 9.98. The van der Waals surface area contributed by atoms with Crippen LogP contribution in [0.25, 0.3) is 0 Å². The lowest BCUT2D eigenvalue weighted by molar-refractivity contribution is 0.0941. The van der Waals surface area contributed by atoms with Crippen molar-refractivity contribution in [2.45, 2.75) is 12.8 Å². The van der Waals surface area contributed by atoms with E-state index in [4.69, 9.17) is 0 Å². The summed E-state index contributed by atoms with van der Waals surface area (Å²) in [6.07, 6.45) is 2.18. The van der Waals surface area contributed by atoms with E-state index in [1.54, 1.807) is 12.1 Å². The molecule has 0 atom stereocenters. The van der Waals surface area contributed by atoms with Crippen molar-refractivity contribution in [1.29, 1.82) is 0 Å². The molecule has 0 bridgehead atoms. The minimum Gasteiger partial charge on any atom is -0.507 e. The maximum Gasteiger partial charge on any atom is 0.255 e. The van der Waals surface area contributed by atoms with Crippen molar-refractivity contribution in [3.8, 4) is 5.75 Å². The van der Waals surface area contributed by atoms with Crippen LogP contribution in [0.1, 0.15) is 23.2 Å². The standard InChI is InChI=1S/C13H17BrN2O2/c14-10-1-2-11(12(17)7-10)13(18)16-8-9-3-5-15-6-4-9/h1-2,7,9,15,17H,3-6,8H2,(H,16,18). The minimum absolute atomic E-state index is 0.00665. The Hall–Kier alpha value is -1.07. The maximum atomic E-state index is 11.9. The van der Waals surface area contributed by atoms with Crippen molar-refractivity contribution in [2.24, 2.45) is 5.92 Å². The fraction of sp³-hybridized carbons (Fsp3) is 0.462. The van der Waals surface area contributed by atoms with Gasteiger partial charge in [-0.15, -0.1) is 0 Å². The first kappa shape index (κ1) is 13.4. The molecule has 0 saturated carbocycles. The molecule has 1 aromatic rings. The molecule has 5 heteroatoms. The Balaban J connectivity index is 1.90. The van der Waals surface area contributed by atoms with E-state index >= 15 is 0 Å². The number of nitrogens with one attached hydrogen (secondary N) is 2. The zero-order chi connectivity index (χ0) is 13.0. The third-order valence-corrected chi connectivity index (χ3v) is 3.71. The van der Waals surface area contributed by atoms with Gasteiger partial charge in [-0.2, -0.15) is 0 Å². The number of hydrogen-bond acceptors (Lipinski definition) is 3. The smallest absolute Gasteiger partial charge is 0.255 e. The fourth-order valence-electron chi connectivity index (χ4n) is 2.11. The van der Waals surface area contributed by atoms with Crippen LogP contribution in [0.4, 0.5) is 0 Å². The number of amides is 1. The zero-order valence-electron chi connectivity index (χ0n) is 10.1. The maximum absolute atomic E-state index is 11.9. The summed E-state index contributed by atoms with van der Waals surface area (Å²) in [5.74, 6) is 0.332. The van der Waals surface area contributed by atoms with Crippen molar-refractivity contribution >= 4 is 21.8 Å². The normalized spacial score (nSPS) is 16.5. The molecule has 1 saturated heterocycles. The number of benzene rings is 1. The SMILES string of the molecule is O=C(NCC1CCNCC1)c1ccc(Br)cc1O. The highest BCUT2D eigenvalue weighted by Gasteiger charge is 2.16. The van der Waals surface area contributed by atoms with Crippen molar-refractivity contribution < 1.29 is 9.90 Å². The van der Waals surface area contributed by atoms with Gasteiger partial charge in [-0.3, -0.25) is 4.79 Å². The van der Waals surface area contributed by atoms with Gasteiger partial charge in [0.2, 0.25) is 0 Å². The third-order valence-electron chi connectivity index (χ3n) is 3.21. The molecule has 3 N–H and O–H groups in total. The van der Waals surface area contributed by atoms with Gasteiger partial charge < -0.3 is 15.7 Å². The number of carbonyl (C=O) groups excluding carboxylic acids is 1. The molecule has 2 rings (SSSR count). The van der Waals surface area contributed by atoms with E-state index < -0.39 is 0 Å². The molecule has 0 unspecified atom stereocenters. The van der Waals surface area contributed by atoms with Crippen LogP contribution in [-0.4, -0.2) is 30.6 Å². The second-order valence-electron chi connectivity index (χ2n) is 4.56. The highest BCUT2D eigenvalue weighted by Crippen LogP contribution is 2.22. The first-order chi connectivity index (χ1) is 8.66. The fourth-order valence-corrected chi connectivity index (χ4v) is 2.46. The summed E-state index contributed by atoms with van der Waals surface area (Å²) in [6, 6.07) is 4.90. The summed E-state index contributed by atoms with van der Waals surface area (Å²) in [5.41, 5.74) is 0.326. The van der Waals surface area contributed by atoms with Gasteiger partial charge in [0.25, 0.3) is 5.91 Å². The molecule has 1 amide bonds. The number of phenols is 1. The van der Waals surface area contributed by atoms with Crippen molar-refractivity contribution in [2.75, 3.05) is 19.6 Å². The third kappa shape index (κ3) is 3.46. The summed E-state index contributed by atoms with van der Waals surface area (Å²) in [7, 11) is 0. The van der Waals surface area contributed by atoms with Crippen LogP contribution in [0, 0.1) is 5.92 Å². The number of rotatable bonds is 3. The quantitative estimate of drug-likeness (QED) is 0.798. The molecule has 1 fully saturated rings. The van der Waals surface area contributed by atoms with Gasteiger partial charge in [0.05, 0.1) is 5.56 Å². The Morgan fingerprint density at radius 1 is 1.44 bits per heavy atom. The Bertz CT molecular complexity index is 431. The van der Waals surface area contributed by atoms with Gasteiger partial charge >= 0.3 is 0 Å². The summed E-state index contributed by atoms with van der Waals surface area (Å²) in [6.45, 7) is 2.71. The minimum atomic E-state index is -0.210. The highest BCUT2D eigenvalue weighted by molar-refractivity contribution is 9.10. The van der Waals surface area contributed by atoms with Gasteiger partial charge in [-0.1, -0.05) is 15.9 Å². The van der Waals surface area contributed by atoms with Gasteiger partial charge in [0, 0.05) is 11.0 Å². The molecule has 0 aliphatic carbocycles. The summed E-state index contributed by atoms with van der Waals surface area (Å²) < 4.78 is 0.759. The second-order valence-corrected chi connectivity index (χ2v) is 5.48. The highest BCUT2D eigenvalue weighted by atomic mass is 79.9. The average Bonchev–Trinajstić information content (AvgIpc) is 2.37. The molecule has 1 aliphatic rings. The first-order valence-electron chi connectivity index (χ1n) is 6.14. The largest absolute Gasteiger partial charge is 0.507 e. The van der Waals surface area contributed by atoms with Crippen LogP contribution >= 0.6 is 15.9 Å². The van der Waals surface area contributed by atoms with Crippen LogP contribution in [0.15, 0.2) is 22.7 Å². The molecule has 1 heterocycles. The van der Waals surface area contributed by atoms with Gasteiger partial charge in [-0.05, 0) is 50.0 Å². The number of piperidine rings is 1. The number of halogens is 1.